The predicted molar refractivity (Wildman–Crippen MR) is 51.5 cm³/mol. The Bertz CT molecular complexity index is 444. The van der Waals surface area contributed by atoms with Crippen molar-refractivity contribution in [2.45, 2.75) is 5.22 Å². The molecule has 72 valence electrons. The van der Waals surface area contributed by atoms with Gasteiger partial charge in [-0.3, -0.25) is 0 Å². The molecular formula is C9H7FN2OS. The smallest absolute Gasteiger partial charge is 0.276 e. The quantitative estimate of drug-likeness (QED) is 0.714. The molecule has 3 nitrogen and oxygen atoms in total. The van der Waals surface area contributed by atoms with Crippen LogP contribution in [0.25, 0.3) is 11.5 Å². The highest BCUT2D eigenvalue weighted by Gasteiger charge is 2.11. The average molecular weight is 210 g/mol. The molecular weight excluding hydrogens is 203 g/mol. The van der Waals surface area contributed by atoms with Crippen molar-refractivity contribution in [3.8, 4) is 11.5 Å². The van der Waals surface area contributed by atoms with E-state index in [2.05, 4.69) is 10.2 Å². The molecule has 1 aromatic carbocycles. The average Bonchev–Trinajstić information content (AvgIpc) is 2.67. The van der Waals surface area contributed by atoms with Crippen molar-refractivity contribution in [1.82, 2.24) is 10.2 Å². The van der Waals surface area contributed by atoms with Gasteiger partial charge in [0.15, 0.2) is 0 Å². The maximum Gasteiger partial charge on any atom is 0.276 e. The zero-order valence-electron chi connectivity index (χ0n) is 7.40. The lowest BCUT2D eigenvalue weighted by molar-refractivity contribution is 0.463. The third kappa shape index (κ3) is 1.63. The third-order valence-electron chi connectivity index (χ3n) is 1.69. The second-order valence-electron chi connectivity index (χ2n) is 2.56. The highest BCUT2D eigenvalue weighted by atomic mass is 32.2. The van der Waals surface area contributed by atoms with Gasteiger partial charge in [-0.15, -0.1) is 10.2 Å². The molecule has 2 aromatic rings. The Morgan fingerprint density at radius 3 is 2.71 bits per heavy atom. The summed E-state index contributed by atoms with van der Waals surface area (Å²) in [6.45, 7) is 0. The third-order valence-corrected chi connectivity index (χ3v) is 2.20. The van der Waals surface area contributed by atoms with E-state index in [9.17, 15) is 4.39 Å². The van der Waals surface area contributed by atoms with Crippen molar-refractivity contribution in [1.29, 1.82) is 0 Å². The van der Waals surface area contributed by atoms with Crippen LogP contribution in [-0.2, 0) is 0 Å². The SMILES string of the molecule is CSc1nnc(-c2ccccc2F)o1. The summed E-state index contributed by atoms with van der Waals surface area (Å²) in [6.07, 6.45) is 1.82. The van der Waals surface area contributed by atoms with E-state index in [0.717, 1.165) is 0 Å². The van der Waals surface area contributed by atoms with E-state index >= 15 is 0 Å². The topological polar surface area (TPSA) is 38.9 Å². The summed E-state index contributed by atoms with van der Waals surface area (Å²) >= 11 is 1.33. The van der Waals surface area contributed by atoms with Crippen LogP contribution >= 0.6 is 11.8 Å². The van der Waals surface area contributed by atoms with E-state index < -0.39 is 0 Å². The van der Waals surface area contributed by atoms with Crippen LogP contribution in [0.5, 0.6) is 0 Å². The zero-order chi connectivity index (χ0) is 9.97. The summed E-state index contributed by atoms with van der Waals surface area (Å²) in [4.78, 5) is 0. The van der Waals surface area contributed by atoms with Crippen LogP contribution in [0.3, 0.4) is 0 Å². The molecule has 0 unspecified atom stereocenters. The molecule has 0 fully saturated rings. The molecule has 0 aliphatic heterocycles. The van der Waals surface area contributed by atoms with Gasteiger partial charge in [0.05, 0.1) is 5.56 Å². The van der Waals surface area contributed by atoms with Crippen LogP contribution < -0.4 is 0 Å². The fraction of sp³-hybridized carbons (Fsp3) is 0.111. The fourth-order valence-corrected chi connectivity index (χ4v) is 1.32. The van der Waals surface area contributed by atoms with E-state index in [4.69, 9.17) is 4.42 Å². The van der Waals surface area contributed by atoms with Crippen LogP contribution in [0.2, 0.25) is 0 Å². The van der Waals surface area contributed by atoms with E-state index in [0.29, 0.717) is 10.8 Å². The number of rotatable bonds is 2. The molecule has 0 saturated heterocycles. The number of thioether (sulfide) groups is 1. The Labute approximate surface area is 84.3 Å². The monoisotopic (exact) mass is 210 g/mol. The first-order chi connectivity index (χ1) is 6.81. The Morgan fingerprint density at radius 2 is 2.07 bits per heavy atom. The van der Waals surface area contributed by atoms with Gasteiger partial charge in [0, 0.05) is 0 Å². The first-order valence-electron chi connectivity index (χ1n) is 3.93. The molecule has 0 bridgehead atoms. The van der Waals surface area contributed by atoms with Crippen LogP contribution in [0, 0.1) is 5.82 Å². The highest BCUT2D eigenvalue weighted by Crippen LogP contribution is 2.23. The minimum atomic E-state index is -0.358. The molecule has 0 saturated carbocycles. The van der Waals surface area contributed by atoms with E-state index in [1.54, 1.807) is 18.2 Å². The molecule has 0 amide bonds. The summed E-state index contributed by atoms with van der Waals surface area (Å²) in [7, 11) is 0. The Kier molecular flexibility index (Phi) is 2.49. The standard InChI is InChI=1S/C9H7FN2OS/c1-14-9-12-11-8(13-9)6-4-2-3-5-7(6)10/h2-5H,1H3. The van der Waals surface area contributed by atoms with Gasteiger partial charge in [0.25, 0.3) is 11.1 Å². The van der Waals surface area contributed by atoms with Crippen molar-refractivity contribution < 1.29 is 8.81 Å². The summed E-state index contributed by atoms with van der Waals surface area (Å²) < 4.78 is 18.5. The van der Waals surface area contributed by atoms with Gasteiger partial charge in [0.1, 0.15) is 5.82 Å². The molecule has 0 radical (unpaired) electrons. The molecule has 0 aliphatic rings. The minimum Gasteiger partial charge on any atom is -0.411 e. The van der Waals surface area contributed by atoms with Gasteiger partial charge < -0.3 is 4.42 Å². The summed E-state index contributed by atoms with van der Waals surface area (Å²) in [5, 5.41) is 7.91. The Morgan fingerprint density at radius 1 is 1.29 bits per heavy atom. The minimum absolute atomic E-state index is 0.215. The van der Waals surface area contributed by atoms with E-state index in [-0.39, 0.29) is 11.7 Å². The number of aromatic nitrogens is 2. The van der Waals surface area contributed by atoms with E-state index in [1.807, 2.05) is 6.26 Å². The molecule has 2 rings (SSSR count). The predicted octanol–water partition coefficient (Wildman–Crippen LogP) is 2.60. The van der Waals surface area contributed by atoms with Crippen molar-refractivity contribution >= 4 is 11.8 Å². The molecule has 14 heavy (non-hydrogen) atoms. The number of benzene rings is 1. The first-order valence-corrected chi connectivity index (χ1v) is 5.16. The molecule has 0 atom stereocenters. The van der Waals surface area contributed by atoms with Crippen LogP contribution in [-0.4, -0.2) is 16.5 Å². The molecule has 0 aliphatic carbocycles. The maximum absolute atomic E-state index is 13.3. The lowest BCUT2D eigenvalue weighted by atomic mass is 10.2. The first kappa shape index (κ1) is 9.21. The molecule has 0 spiro atoms. The lowest BCUT2D eigenvalue weighted by Crippen LogP contribution is -1.82. The number of halogens is 1. The number of hydrogen-bond donors (Lipinski definition) is 0. The molecule has 1 heterocycles. The van der Waals surface area contributed by atoms with Gasteiger partial charge in [-0.25, -0.2) is 4.39 Å². The van der Waals surface area contributed by atoms with Crippen LogP contribution in [0.15, 0.2) is 33.9 Å². The molecule has 0 N–H and O–H groups in total. The molecule has 1 aromatic heterocycles. The van der Waals surface area contributed by atoms with E-state index in [1.165, 1.54) is 17.8 Å². The number of nitrogens with zero attached hydrogens (tertiary/aromatic N) is 2. The summed E-state index contributed by atoms with van der Waals surface area (Å²) in [5.74, 6) is -0.142. The second-order valence-corrected chi connectivity index (χ2v) is 3.31. The maximum atomic E-state index is 13.3. The summed E-state index contributed by atoms with van der Waals surface area (Å²) in [5.41, 5.74) is 0.334. The van der Waals surface area contributed by atoms with Gasteiger partial charge in [-0.05, 0) is 18.4 Å². The van der Waals surface area contributed by atoms with Gasteiger partial charge in [-0.1, -0.05) is 23.9 Å². The number of hydrogen-bond acceptors (Lipinski definition) is 4. The van der Waals surface area contributed by atoms with Crippen LogP contribution in [0.1, 0.15) is 0 Å². The molecule has 5 heteroatoms. The highest BCUT2D eigenvalue weighted by molar-refractivity contribution is 7.98. The van der Waals surface area contributed by atoms with Crippen molar-refractivity contribution in [3.63, 3.8) is 0 Å². The lowest BCUT2D eigenvalue weighted by Gasteiger charge is -1.94. The second kappa shape index (κ2) is 3.79. The summed E-state index contributed by atoms with van der Waals surface area (Å²) in [6, 6.07) is 6.30. The largest absolute Gasteiger partial charge is 0.411 e. The van der Waals surface area contributed by atoms with Gasteiger partial charge >= 0.3 is 0 Å². The normalized spacial score (nSPS) is 10.4. The zero-order valence-corrected chi connectivity index (χ0v) is 8.21. The van der Waals surface area contributed by atoms with Gasteiger partial charge in [-0.2, -0.15) is 0 Å². The van der Waals surface area contributed by atoms with Crippen molar-refractivity contribution in [2.24, 2.45) is 0 Å². The van der Waals surface area contributed by atoms with Crippen molar-refractivity contribution in [3.05, 3.63) is 30.1 Å². The van der Waals surface area contributed by atoms with Gasteiger partial charge in [0.2, 0.25) is 0 Å². The van der Waals surface area contributed by atoms with Crippen LogP contribution in [0.4, 0.5) is 4.39 Å². The Hall–Kier alpha value is -1.36. The van der Waals surface area contributed by atoms with Crippen molar-refractivity contribution in [2.75, 3.05) is 6.26 Å². The Balaban J connectivity index is 2.44. The fourth-order valence-electron chi connectivity index (χ4n) is 1.04.